The summed E-state index contributed by atoms with van der Waals surface area (Å²) in [5.41, 5.74) is 6.48. The Morgan fingerprint density at radius 2 is 2.00 bits per heavy atom. The van der Waals surface area contributed by atoms with Gasteiger partial charge >= 0.3 is 0 Å². The molecule has 1 rings (SSSR count). The monoisotopic (exact) mass is 285 g/mol. The summed E-state index contributed by atoms with van der Waals surface area (Å²) < 4.78 is 26.9. The molecule has 0 aliphatic heterocycles. The van der Waals surface area contributed by atoms with E-state index in [1.807, 2.05) is 12.1 Å². The van der Waals surface area contributed by atoms with Crippen LogP contribution in [0.25, 0.3) is 0 Å². The Bertz CT molecular complexity index is 524. The molecule has 0 unspecified atom stereocenters. The van der Waals surface area contributed by atoms with Gasteiger partial charge in [0, 0.05) is 18.5 Å². The lowest BCUT2D eigenvalue weighted by Gasteiger charge is -2.06. The standard InChI is InChI=1S/C12H19N3O3S/c1-18-11-6-4-10(5-7-11)15-12(13)14-8-3-9-19(2,16)17/h4-7H,3,8-9H2,1-2H3,(H3,13,14,15). The molecule has 0 amide bonds. The first-order valence-electron chi connectivity index (χ1n) is 5.79. The van der Waals surface area contributed by atoms with Crippen LogP contribution in [0.5, 0.6) is 5.75 Å². The number of ether oxygens (including phenoxy) is 1. The summed E-state index contributed by atoms with van der Waals surface area (Å²) in [6.45, 7) is 0.377. The Hall–Kier alpha value is -1.76. The molecule has 0 aliphatic carbocycles. The summed E-state index contributed by atoms with van der Waals surface area (Å²) in [5.74, 6) is 1.14. The van der Waals surface area contributed by atoms with Gasteiger partial charge in [-0.05, 0) is 30.7 Å². The zero-order chi connectivity index (χ0) is 14.3. The lowest BCUT2D eigenvalue weighted by Crippen LogP contribution is -2.23. The summed E-state index contributed by atoms with van der Waals surface area (Å²) >= 11 is 0. The Balaban J connectivity index is 2.42. The van der Waals surface area contributed by atoms with Gasteiger partial charge in [-0.2, -0.15) is 0 Å². The summed E-state index contributed by atoms with van der Waals surface area (Å²) in [4.78, 5) is 4.05. The smallest absolute Gasteiger partial charge is 0.193 e. The minimum atomic E-state index is -2.93. The quantitative estimate of drug-likeness (QED) is 0.459. The number of hydrogen-bond acceptors (Lipinski definition) is 4. The molecular weight excluding hydrogens is 266 g/mol. The highest BCUT2D eigenvalue weighted by Crippen LogP contribution is 2.14. The number of benzene rings is 1. The van der Waals surface area contributed by atoms with Crippen molar-refractivity contribution in [2.45, 2.75) is 6.42 Å². The van der Waals surface area contributed by atoms with E-state index in [4.69, 9.17) is 10.5 Å². The fourth-order valence-corrected chi connectivity index (χ4v) is 2.04. The third kappa shape index (κ3) is 6.66. The van der Waals surface area contributed by atoms with Crippen LogP contribution in [0.4, 0.5) is 5.69 Å². The van der Waals surface area contributed by atoms with Gasteiger partial charge in [0.25, 0.3) is 0 Å². The molecule has 3 N–H and O–H groups in total. The largest absolute Gasteiger partial charge is 0.497 e. The van der Waals surface area contributed by atoms with E-state index < -0.39 is 9.84 Å². The second kappa shape index (κ2) is 6.98. The van der Waals surface area contributed by atoms with Gasteiger partial charge in [0.15, 0.2) is 5.96 Å². The molecule has 19 heavy (non-hydrogen) atoms. The van der Waals surface area contributed by atoms with Crippen LogP contribution in [0.3, 0.4) is 0 Å². The lowest BCUT2D eigenvalue weighted by molar-refractivity contribution is 0.415. The molecule has 0 fully saturated rings. The normalized spacial score (nSPS) is 12.2. The topological polar surface area (TPSA) is 93.8 Å². The van der Waals surface area contributed by atoms with Crippen molar-refractivity contribution in [3.05, 3.63) is 24.3 Å². The Morgan fingerprint density at radius 1 is 1.37 bits per heavy atom. The van der Waals surface area contributed by atoms with E-state index in [0.29, 0.717) is 13.0 Å². The van der Waals surface area contributed by atoms with Crippen molar-refractivity contribution in [3.8, 4) is 5.75 Å². The fourth-order valence-electron chi connectivity index (χ4n) is 1.39. The van der Waals surface area contributed by atoms with E-state index in [9.17, 15) is 8.42 Å². The predicted octanol–water partition coefficient (Wildman–Crippen LogP) is 0.856. The molecule has 0 aliphatic rings. The van der Waals surface area contributed by atoms with Crippen LogP contribution in [0.2, 0.25) is 0 Å². The summed E-state index contributed by atoms with van der Waals surface area (Å²) in [5, 5.41) is 2.91. The van der Waals surface area contributed by atoms with E-state index in [1.165, 1.54) is 6.26 Å². The number of methoxy groups -OCH3 is 1. The molecule has 0 saturated carbocycles. The average Bonchev–Trinajstić information content (AvgIpc) is 2.34. The van der Waals surface area contributed by atoms with Crippen molar-refractivity contribution in [2.75, 3.05) is 31.0 Å². The number of aliphatic imine (C=N–C) groups is 1. The number of guanidine groups is 1. The van der Waals surface area contributed by atoms with Crippen molar-refractivity contribution < 1.29 is 13.2 Å². The SMILES string of the molecule is COc1ccc(NC(N)=NCCCS(C)(=O)=O)cc1. The second-order valence-corrected chi connectivity index (χ2v) is 6.36. The summed E-state index contributed by atoms with van der Waals surface area (Å²) in [6.07, 6.45) is 1.67. The highest BCUT2D eigenvalue weighted by molar-refractivity contribution is 7.90. The molecule has 0 bridgehead atoms. The number of anilines is 1. The van der Waals surface area contributed by atoms with Crippen LogP contribution < -0.4 is 15.8 Å². The molecule has 0 heterocycles. The van der Waals surface area contributed by atoms with Gasteiger partial charge in [-0.25, -0.2) is 8.42 Å². The second-order valence-electron chi connectivity index (χ2n) is 4.10. The maximum absolute atomic E-state index is 10.9. The Morgan fingerprint density at radius 3 is 2.53 bits per heavy atom. The molecule has 0 aromatic heterocycles. The van der Waals surface area contributed by atoms with Gasteiger partial charge in [-0.3, -0.25) is 4.99 Å². The van der Waals surface area contributed by atoms with Crippen molar-refractivity contribution in [3.63, 3.8) is 0 Å². The molecule has 0 spiro atoms. The highest BCUT2D eigenvalue weighted by Gasteiger charge is 2.01. The number of nitrogens with one attached hydrogen (secondary N) is 1. The van der Waals surface area contributed by atoms with Gasteiger partial charge in [0.05, 0.1) is 12.9 Å². The number of nitrogens with zero attached hydrogens (tertiary/aromatic N) is 1. The van der Waals surface area contributed by atoms with Crippen LogP contribution in [-0.4, -0.2) is 40.0 Å². The van der Waals surface area contributed by atoms with E-state index in [-0.39, 0.29) is 11.7 Å². The maximum Gasteiger partial charge on any atom is 0.193 e. The summed E-state index contributed by atoms with van der Waals surface area (Å²) in [7, 11) is -1.34. The molecule has 0 radical (unpaired) electrons. The maximum atomic E-state index is 10.9. The van der Waals surface area contributed by atoms with Gasteiger partial charge < -0.3 is 15.8 Å². The van der Waals surface area contributed by atoms with Crippen LogP contribution in [0, 0.1) is 0 Å². The zero-order valence-corrected chi connectivity index (χ0v) is 11.9. The molecule has 0 saturated heterocycles. The van der Waals surface area contributed by atoms with E-state index in [2.05, 4.69) is 10.3 Å². The van der Waals surface area contributed by atoms with Gasteiger partial charge in [-0.15, -0.1) is 0 Å². The van der Waals surface area contributed by atoms with E-state index >= 15 is 0 Å². The van der Waals surface area contributed by atoms with Crippen molar-refractivity contribution in [1.29, 1.82) is 0 Å². The first-order chi connectivity index (χ1) is 8.90. The van der Waals surface area contributed by atoms with Crippen molar-refractivity contribution in [2.24, 2.45) is 10.7 Å². The fraction of sp³-hybridized carbons (Fsp3) is 0.417. The zero-order valence-electron chi connectivity index (χ0n) is 11.1. The minimum Gasteiger partial charge on any atom is -0.497 e. The van der Waals surface area contributed by atoms with E-state index in [0.717, 1.165) is 11.4 Å². The number of rotatable bonds is 6. The van der Waals surface area contributed by atoms with Crippen molar-refractivity contribution in [1.82, 2.24) is 0 Å². The number of sulfone groups is 1. The molecule has 0 atom stereocenters. The molecule has 1 aromatic carbocycles. The van der Waals surface area contributed by atoms with Crippen LogP contribution in [0.15, 0.2) is 29.3 Å². The third-order valence-corrected chi connectivity index (χ3v) is 3.35. The van der Waals surface area contributed by atoms with Crippen molar-refractivity contribution >= 4 is 21.5 Å². The molecular formula is C12H19N3O3S. The lowest BCUT2D eigenvalue weighted by atomic mass is 10.3. The molecule has 7 heteroatoms. The summed E-state index contributed by atoms with van der Waals surface area (Å²) in [6, 6.07) is 7.24. The minimum absolute atomic E-state index is 0.117. The first kappa shape index (κ1) is 15.3. The van der Waals surface area contributed by atoms with Crippen LogP contribution >= 0.6 is 0 Å². The molecule has 106 valence electrons. The van der Waals surface area contributed by atoms with Gasteiger partial charge in [0.1, 0.15) is 15.6 Å². The number of nitrogens with two attached hydrogens (primary N) is 1. The van der Waals surface area contributed by atoms with E-state index in [1.54, 1.807) is 19.2 Å². The Labute approximate surface area is 113 Å². The van der Waals surface area contributed by atoms with Gasteiger partial charge in [-0.1, -0.05) is 0 Å². The number of hydrogen-bond donors (Lipinski definition) is 2. The van der Waals surface area contributed by atoms with Crippen LogP contribution in [0.1, 0.15) is 6.42 Å². The Kier molecular flexibility index (Phi) is 5.62. The molecule has 6 nitrogen and oxygen atoms in total. The first-order valence-corrected chi connectivity index (χ1v) is 7.85. The molecule has 1 aromatic rings. The predicted molar refractivity (Wildman–Crippen MR) is 77.4 cm³/mol. The van der Waals surface area contributed by atoms with Crippen LogP contribution in [-0.2, 0) is 9.84 Å². The van der Waals surface area contributed by atoms with Gasteiger partial charge in [0.2, 0.25) is 0 Å². The third-order valence-electron chi connectivity index (χ3n) is 2.32. The average molecular weight is 285 g/mol. The highest BCUT2D eigenvalue weighted by atomic mass is 32.2.